The van der Waals surface area contributed by atoms with Crippen LogP contribution in [0, 0.1) is 13.8 Å². The third-order valence-corrected chi connectivity index (χ3v) is 2.98. The van der Waals surface area contributed by atoms with Crippen LogP contribution in [0.15, 0.2) is 42.5 Å². The Morgan fingerprint density at radius 1 is 1.05 bits per heavy atom. The molecular formula is C15H17N3O. The van der Waals surface area contributed by atoms with Gasteiger partial charge in [0.1, 0.15) is 0 Å². The summed E-state index contributed by atoms with van der Waals surface area (Å²) in [4.78, 5) is 10.7. The summed E-state index contributed by atoms with van der Waals surface area (Å²) in [5.74, 6) is 0. The van der Waals surface area contributed by atoms with Crippen molar-refractivity contribution in [3.63, 3.8) is 0 Å². The van der Waals surface area contributed by atoms with E-state index in [9.17, 15) is 4.79 Å². The fraction of sp³-hybridized carbons (Fsp3) is 0.133. The first-order chi connectivity index (χ1) is 9.08. The van der Waals surface area contributed by atoms with E-state index in [4.69, 9.17) is 5.73 Å². The molecule has 0 saturated heterocycles. The van der Waals surface area contributed by atoms with Gasteiger partial charge < -0.3 is 5.73 Å². The van der Waals surface area contributed by atoms with E-state index in [1.807, 2.05) is 38.1 Å². The SMILES string of the molecule is Cc1cc(-c2ccccc2)c(C)cc1NNC(N)=O. The van der Waals surface area contributed by atoms with Crippen LogP contribution in [0.1, 0.15) is 11.1 Å². The number of anilines is 1. The van der Waals surface area contributed by atoms with Crippen LogP contribution in [0.3, 0.4) is 0 Å². The maximum absolute atomic E-state index is 10.7. The molecule has 0 radical (unpaired) electrons. The highest BCUT2D eigenvalue weighted by Gasteiger charge is 2.06. The molecule has 2 rings (SSSR count). The van der Waals surface area contributed by atoms with Crippen LogP contribution in [-0.2, 0) is 0 Å². The van der Waals surface area contributed by atoms with Crippen molar-refractivity contribution in [2.75, 3.05) is 5.43 Å². The number of rotatable bonds is 3. The Morgan fingerprint density at radius 2 is 1.74 bits per heavy atom. The van der Waals surface area contributed by atoms with E-state index in [1.54, 1.807) is 0 Å². The molecule has 0 aliphatic carbocycles. The van der Waals surface area contributed by atoms with Gasteiger partial charge in [0.05, 0.1) is 5.69 Å². The van der Waals surface area contributed by atoms with Crippen LogP contribution in [-0.4, -0.2) is 6.03 Å². The first kappa shape index (κ1) is 13.0. The van der Waals surface area contributed by atoms with E-state index in [0.717, 1.165) is 16.8 Å². The molecule has 0 heterocycles. The number of urea groups is 1. The van der Waals surface area contributed by atoms with Gasteiger partial charge in [0.15, 0.2) is 0 Å². The summed E-state index contributed by atoms with van der Waals surface area (Å²) >= 11 is 0. The Bertz CT molecular complexity index is 594. The molecule has 0 aliphatic rings. The molecular weight excluding hydrogens is 238 g/mol. The summed E-state index contributed by atoms with van der Waals surface area (Å²) in [7, 11) is 0. The lowest BCUT2D eigenvalue weighted by Crippen LogP contribution is -2.34. The highest BCUT2D eigenvalue weighted by atomic mass is 16.2. The van der Waals surface area contributed by atoms with Gasteiger partial charge in [-0.3, -0.25) is 10.9 Å². The summed E-state index contributed by atoms with van der Waals surface area (Å²) in [6, 6.07) is 13.7. The second-order valence-electron chi connectivity index (χ2n) is 4.46. The monoisotopic (exact) mass is 255 g/mol. The van der Waals surface area contributed by atoms with Crippen LogP contribution >= 0.6 is 0 Å². The average Bonchev–Trinajstić information content (AvgIpc) is 2.40. The lowest BCUT2D eigenvalue weighted by atomic mass is 9.97. The number of carbonyl (C=O) groups is 1. The number of benzene rings is 2. The molecule has 2 aromatic rings. The van der Waals surface area contributed by atoms with E-state index in [-0.39, 0.29) is 0 Å². The fourth-order valence-electron chi connectivity index (χ4n) is 2.01. The molecule has 0 spiro atoms. The Kier molecular flexibility index (Phi) is 3.71. The van der Waals surface area contributed by atoms with Crippen molar-refractivity contribution in [3.8, 4) is 11.1 Å². The van der Waals surface area contributed by atoms with Crippen LogP contribution in [0.4, 0.5) is 10.5 Å². The molecule has 4 heteroatoms. The van der Waals surface area contributed by atoms with Crippen molar-refractivity contribution >= 4 is 11.7 Å². The second kappa shape index (κ2) is 5.44. The summed E-state index contributed by atoms with van der Waals surface area (Å²) in [5.41, 5.74) is 15.6. The lowest BCUT2D eigenvalue weighted by Gasteiger charge is -2.14. The van der Waals surface area contributed by atoms with Crippen LogP contribution in [0.25, 0.3) is 11.1 Å². The topological polar surface area (TPSA) is 67.2 Å². The molecule has 0 aliphatic heterocycles. The van der Waals surface area contributed by atoms with E-state index >= 15 is 0 Å². The molecule has 98 valence electrons. The summed E-state index contributed by atoms with van der Waals surface area (Å²) < 4.78 is 0. The first-order valence-electron chi connectivity index (χ1n) is 6.06. The number of hydrazine groups is 1. The fourth-order valence-corrected chi connectivity index (χ4v) is 2.01. The van der Waals surface area contributed by atoms with Crippen molar-refractivity contribution in [2.45, 2.75) is 13.8 Å². The number of hydrogen-bond acceptors (Lipinski definition) is 2. The predicted molar refractivity (Wildman–Crippen MR) is 77.7 cm³/mol. The Hall–Kier alpha value is -2.49. The minimum Gasteiger partial charge on any atom is -0.350 e. The second-order valence-corrected chi connectivity index (χ2v) is 4.46. The molecule has 0 aromatic heterocycles. The zero-order valence-corrected chi connectivity index (χ0v) is 11.0. The zero-order valence-electron chi connectivity index (χ0n) is 11.0. The van der Waals surface area contributed by atoms with Gasteiger partial charge in [0, 0.05) is 0 Å². The normalized spacial score (nSPS) is 10.0. The molecule has 2 aromatic carbocycles. The van der Waals surface area contributed by atoms with Gasteiger partial charge in [0.2, 0.25) is 0 Å². The van der Waals surface area contributed by atoms with Gasteiger partial charge in [-0.05, 0) is 48.2 Å². The van der Waals surface area contributed by atoms with Gasteiger partial charge in [-0.2, -0.15) is 0 Å². The van der Waals surface area contributed by atoms with Crippen molar-refractivity contribution in [2.24, 2.45) is 5.73 Å². The predicted octanol–water partition coefficient (Wildman–Crippen LogP) is 2.97. The molecule has 2 amide bonds. The zero-order chi connectivity index (χ0) is 13.8. The summed E-state index contributed by atoms with van der Waals surface area (Å²) in [6.45, 7) is 4.02. The van der Waals surface area contributed by atoms with Gasteiger partial charge in [-0.1, -0.05) is 30.3 Å². The minimum absolute atomic E-state index is 0.607. The number of primary amides is 1. The van der Waals surface area contributed by atoms with Gasteiger partial charge >= 0.3 is 6.03 Å². The Morgan fingerprint density at radius 3 is 2.37 bits per heavy atom. The quantitative estimate of drug-likeness (QED) is 0.738. The molecule has 4 N–H and O–H groups in total. The molecule has 0 saturated carbocycles. The Labute approximate surface area is 112 Å². The van der Waals surface area contributed by atoms with E-state index < -0.39 is 6.03 Å². The van der Waals surface area contributed by atoms with Gasteiger partial charge in [0.25, 0.3) is 0 Å². The lowest BCUT2D eigenvalue weighted by molar-refractivity contribution is 0.250. The molecule has 0 atom stereocenters. The Balaban J connectivity index is 2.34. The largest absolute Gasteiger partial charge is 0.350 e. The van der Waals surface area contributed by atoms with Crippen molar-refractivity contribution < 1.29 is 4.79 Å². The third-order valence-electron chi connectivity index (χ3n) is 2.98. The number of hydrogen-bond donors (Lipinski definition) is 3. The molecule has 4 nitrogen and oxygen atoms in total. The molecule has 19 heavy (non-hydrogen) atoms. The molecule has 0 fully saturated rings. The summed E-state index contributed by atoms with van der Waals surface area (Å²) in [6.07, 6.45) is 0. The van der Waals surface area contributed by atoms with Crippen LogP contribution in [0.2, 0.25) is 0 Å². The van der Waals surface area contributed by atoms with Crippen LogP contribution < -0.4 is 16.6 Å². The van der Waals surface area contributed by atoms with Crippen molar-refractivity contribution in [1.29, 1.82) is 0 Å². The molecule has 0 unspecified atom stereocenters. The van der Waals surface area contributed by atoms with Crippen molar-refractivity contribution in [1.82, 2.24) is 5.43 Å². The minimum atomic E-state index is -0.607. The number of nitrogens with two attached hydrogens (primary N) is 1. The van der Waals surface area contributed by atoms with E-state index in [1.165, 1.54) is 11.1 Å². The van der Waals surface area contributed by atoms with Crippen LogP contribution in [0.5, 0.6) is 0 Å². The smallest absolute Gasteiger partial charge is 0.330 e. The number of nitrogens with one attached hydrogen (secondary N) is 2. The highest BCUT2D eigenvalue weighted by Crippen LogP contribution is 2.28. The van der Waals surface area contributed by atoms with Gasteiger partial charge in [-0.25, -0.2) is 4.79 Å². The number of aryl methyl sites for hydroxylation is 2. The number of amides is 2. The van der Waals surface area contributed by atoms with E-state index in [2.05, 4.69) is 29.1 Å². The van der Waals surface area contributed by atoms with Gasteiger partial charge in [-0.15, -0.1) is 0 Å². The third kappa shape index (κ3) is 3.04. The maximum atomic E-state index is 10.7. The number of carbonyl (C=O) groups excluding carboxylic acids is 1. The standard InChI is InChI=1S/C15H17N3O/c1-10-9-14(17-18-15(16)19)11(2)8-13(10)12-6-4-3-5-7-12/h3-9,17H,1-2H3,(H3,16,18,19). The summed E-state index contributed by atoms with van der Waals surface area (Å²) in [5, 5.41) is 0. The average molecular weight is 255 g/mol. The van der Waals surface area contributed by atoms with E-state index in [0.29, 0.717) is 0 Å². The van der Waals surface area contributed by atoms with Crippen molar-refractivity contribution in [3.05, 3.63) is 53.6 Å². The maximum Gasteiger partial charge on any atom is 0.330 e. The first-order valence-corrected chi connectivity index (χ1v) is 6.06. The molecule has 0 bridgehead atoms. The highest BCUT2D eigenvalue weighted by molar-refractivity contribution is 5.76.